The minimum Gasteiger partial charge on any atom is -0.466 e. The maximum atomic E-state index is 11.6. The summed E-state index contributed by atoms with van der Waals surface area (Å²) in [6.45, 7) is 5.08. The Hall–Kier alpha value is -2.36. The van der Waals surface area contributed by atoms with Crippen LogP contribution >= 0.6 is 0 Å². The summed E-state index contributed by atoms with van der Waals surface area (Å²) in [5.74, 6) is -0.694. The van der Waals surface area contributed by atoms with Crippen LogP contribution in [0.4, 0.5) is 0 Å². The van der Waals surface area contributed by atoms with Gasteiger partial charge in [0.25, 0.3) is 0 Å². The molecule has 0 aliphatic carbocycles. The first-order valence-electron chi connectivity index (χ1n) is 5.27. The molecule has 0 amide bonds. The number of esters is 2. The van der Waals surface area contributed by atoms with Gasteiger partial charge >= 0.3 is 11.9 Å². The molecule has 94 valence electrons. The van der Waals surface area contributed by atoms with Gasteiger partial charge in [0, 0.05) is 5.57 Å². The van der Waals surface area contributed by atoms with E-state index in [1.54, 1.807) is 24.3 Å². The first-order valence-corrected chi connectivity index (χ1v) is 5.27. The molecule has 0 bridgehead atoms. The summed E-state index contributed by atoms with van der Waals surface area (Å²) in [7, 11) is 1.27. The van der Waals surface area contributed by atoms with Gasteiger partial charge in [0.05, 0.1) is 12.7 Å². The second-order valence-electron chi connectivity index (χ2n) is 3.55. The number of ether oxygens (including phenoxy) is 2. The van der Waals surface area contributed by atoms with E-state index in [4.69, 9.17) is 4.74 Å². The van der Waals surface area contributed by atoms with E-state index >= 15 is 0 Å². The molecule has 4 nitrogen and oxygen atoms in total. The van der Waals surface area contributed by atoms with Gasteiger partial charge in [-0.2, -0.15) is 0 Å². The molecule has 0 N–H and O–H groups in total. The van der Waals surface area contributed by atoms with Crippen LogP contribution in [0.5, 0.6) is 5.75 Å². The SMILES string of the molecule is C=C(/C=C(\C)C(=O)OC)C(=O)Oc1ccccc1. The second kappa shape index (κ2) is 6.39. The van der Waals surface area contributed by atoms with Crippen LogP contribution in [-0.4, -0.2) is 19.0 Å². The number of para-hydroxylation sites is 1. The van der Waals surface area contributed by atoms with Gasteiger partial charge in [-0.1, -0.05) is 24.8 Å². The maximum Gasteiger partial charge on any atom is 0.342 e. The van der Waals surface area contributed by atoms with Crippen molar-refractivity contribution < 1.29 is 19.1 Å². The van der Waals surface area contributed by atoms with Crippen LogP contribution in [0.25, 0.3) is 0 Å². The number of hydrogen-bond donors (Lipinski definition) is 0. The Kier molecular flexibility index (Phi) is 4.87. The lowest BCUT2D eigenvalue weighted by Crippen LogP contribution is -2.10. The number of rotatable bonds is 4. The topological polar surface area (TPSA) is 52.6 Å². The van der Waals surface area contributed by atoms with Crippen LogP contribution in [0.1, 0.15) is 6.92 Å². The summed E-state index contributed by atoms with van der Waals surface area (Å²) >= 11 is 0. The standard InChI is InChI=1S/C14H14O4/c1-10(13(15)17-3)9-11(2)14(16)18-12-7-5-4-6-8-12/h4-9H,2H2,1,3H3/b10-9+. The number of carbonyl (C=O) groups excluding carboxylic acids is 2. The Balaban J connectivity index is 2.68. The minimum atomic E-state index is -0.607. The van der Waals surface area contributed by atoms with Crippen LogP contribution in [0, 0.1) is 0 Å². The Morgan fingerprint density at radius 3 is 2.33 bits per heavy atom. The van der Waals surface area contributed by atoms with Crippen molar-refractivity contribution >= 4 is 11.9 Å². The molecular weight excluding hydrogens is 232 g/mol. The maximum absolute atomic E-state index is 11.6. The van der Waals surface area contributed by atoms with Gasteiger partial charge in [0.15, 0.2) is 0 Å². The highest BCUT2D eigenvalue weighted by molar-refractivity contribution is 5.96. The minimum absolute atomic E-state index is 0.0850. The van der Waals surface area contributed by atoms with Crippen LogP contribution in [-0.2, 0) is 14.3 Å². The van der Waals surface area contributed by atoms with Gasteiger partial charge in [0.1, 0.15) is 5.75 Å². The highest BCUT2D eigenvalue weighted by atomic mass is 16.5. The van der Waals surface area contributed by atoms with E-state index in [0.29, 0.717) is 5.75 Å². The van der Waals surface area contributed by atoms with Crippen molar-refractivity contribution in [2.45, 2.75) is 6.92 Å². The average molecular weight is 246 g/mol. The van der Waals surface area contributed by atoms with Crippen molar-refractivity contribution in [3.63, 3.8) is 0 Å². The smallest absolute Gasteiger partial charge is 0.342 e. The first-order chi connectivity index (χ1) is 8.54. The molecule has 0 aliphatic heterocycles. The quantitative estimate of drug-likeness (QED) is 0.354. The van der Waals surface area contributed by atoms with Crippen LogP contribution < -0.4 is 4.74 Å². The third-order valence-electron chi connectivity index (χ3n) is 2.11. The van der Waals surface area contributed by atoms with E-state index in [1.165, 1.54) is 20.1 Å². The molecule has 0 heterocycles. The lowest BCUT2D eigenvalue weighted by molar-refractivity contribution is -0.136. The van der Waals surface area contributed by atoms with Gasteiger partial charge in [-0.3, -0.25) is 0 Å². The summed E-state index contributed by atoms with van der Waals surface area (Å²) in [6, 6.07) is 8.62. The summed E-state index contributed by atoms with van der Waals surface area (Å²) in [5.41, 5.74) is 0.370. The molecule has 0 radical (unpaired) electrons. The zero-order chi connectivity index (χ0) is 13.5. The van der Waals surface area contributed by atoms with Crippen LogP contribution in [0.2, 0.25) is 0 Å². The summed E-state index contributed by atoms with van der Waals surface area (Å²) < 4.78 is 9.57. The second-order valence-corrected chi connectivity index (χ2v) is 3.55. The lowest BCUT2D eigenvalue weighted by Gasteiger charge is -2.04. The van der Waals surface area contributed by atoms with Crippen LogP contribution in [0.3, 0.4) is 0 Å². The molecule has 0 unspecified atom stereocenters. The molecule has 0 spiro atoms. The van der Waals surface area contributed by atoms with E-state index in [-0.39, 0.29) is 11.1 Å². The fourth-order valence-corrected chi connectivity index (χ4v) is 1.20. The molecule has 4 heteroatoms. The monoisotopic (exact) mass is 246 g/mol. The molecule has 1 aromatic rings. The molecule has 0 aromatic heterocycles. The van der Waals surface area contributed by atoms with Crippen molar-refractivity contribution in [1.82, 2.24) is 0 Å². The molecule has 0 saturated carbocycles. The van der Waals surface area contributed by atoms with Crippen molar-refractivity contribution in [2.75, 3.05) is 7.11 Å². The fraction of sp³-hybridized carbons (Fsp3) is 0.143. The van der Waals surface area contributed by atoms with Gasteiger partial charge in [-0.25, -0.2) is 9.59 Å². The molecule has 1 rings (SSSR count). The highest BCUT2D eigenvalue weighted by Crippen LogP contribution is 2.11. The van der Waals surface area contributed by atoms with Crippen molar-refractivity contribution in [3.8, 4) is 5.75 Å². The number of carbonyl (C=O) groups is 2. The molecule has 0 fully saturated rings. The zero-order valence-electron chi connectivity index (χ0n) is 10.3. The van der Waals surface area contributed by atoms with Gasteiger partial charge in [-0.05, 0) is 25.1 Å². The van der Waals surface area contributed by atoms with Crippen molar-refractivity contribution in [1.29, 1.82) is 0 Å². The van der Waals surface area contributed by atoms with E-state index in [9.17, 15) is 9.59 Å². The summed E-state index contributed by atoms with van der Waals surface area (Å²) in [4.78, 5) is 22.8. The number of benzene rings is 1. The van der Waals surface area contributed by atoms with Gasteiger partial charge in [-0.15, -0.1) is 0 Å². The zero-order valence-corrected chi connectivity index (χ0v) is 10.3. The van der Waals surface area contributed by atoms with Gasteiger partial charge < -0.3 is 9.47 Å². The molecular formula is C14H14O4. The predicted molar refractivity (Wildman–Crippen MR) is 67.0 cm³/mol. The van der Waals surface area contributed by atoms with Crippen LogP contribution in [0.15, 0.2) is 54.1 Å². The summed E-state index contributed by atoms with van der Waals surface area (Å²) in [5, 5.41) is 0. The Morgan fingerprint density at radius 2 is 1.78 bits per heavy atom. The first kappa shape index (κ1) is 13.7. The largest absolute Gasteiger partial charge is 0.466 e. The number of hydrogen-bond acceptors (Lipinski definition) is 4. The Bertz CT molecular complexity index is 486. The molecule has 0 aliphatic rings. The van der Waals surface area contributed by atoms with E-state index < -0.39 is 11.9 Å². The predicted octanol–water partition coefficient (Wildman–Crippen LogP) is 2.27. The Labute approximate surface area is 106 Å². The molecule has 1 aromatic carbocycles. The van der Waals surface area contributed by atoms with E-state index in [2.05, 4.69) is 11.3 Å². The summed E-state index contributed by atoms with van der Waals surface area (Å²) in [6.07, 6.45) is 1.33. The van der Waals surface area contributed by atoms with Crippen molar-refractivity contribution in [3.05, 3.63) is 54.1 Å². The Morgan fingerprint density at radius 1 is 1.17 bits per heavy atom. The fourth-order valence-electron chi connectivity index (χ4n) is 1.20. The molecule has 18 heavy (non-hydrogen) atoms. The third-order valence-corrected chi connectivity index (χ3v) is 2.11. The number of methoxy groups -OCH3 is 1. The van der Waals surface area contributed by atoms with E-state index in [0.717, 1.165) is 0 Å². The lowest BCUT2D eigenvalue weighted by atomic mass is 10.2. The van der Waals surface area contributed by atoms with Crippen molar-refractivity contribution in [2.24, 2.45) is 0 Å². The molecule has 0 saturated heterocycles. The highest BCUT2D eigenvalue weighted by Gasteiger charge is 2.10. The molecule has 0 atom stereocenters. The average Bonchev–Trinajstić information content (AvgIpc) is 2.38. The third kappa shape index (κ3) is 3.90. The van der Waals surface area contributed by atoms with Gasteiger partial charge in [0.2, 0.25) is 0 Å². The normalized spacial score (nSPS) is 10.7. The van der Waals surface area contributed by atoms with E-state index in [1.807, 2.05) is 6.07 Å².